The molecule has 10 heteroatoms. The zero-order valence-corrected chi connectivity index (χ0v) is 19.8. The highest BCUT2D eigenvalue weighted by Gasteiger charge is 2.35. The maximum Gasteiger partial charge on any atom is 0.273 e. The highest BCUT2D eigenvalue weighted by Crippen LogP contribution is 2.33. The number of aromatic nitrogens is 1. The van der Waals surface area contributed by atoms with Crippen LogP contribution < -0.4 is 21.7 Å². The van der Waals surface area contributed by atoms with E-state index < -0.39 is 23.8 Å². The number of hydrogen-bond acceptors (Lipinski definition) is 7. The van der Waals surface area contributed by atoms with Gasteiger partial charge in [0.1, 0.15) is 16.7 Å². The molecule has 4 aromatic rings. The lowest BCUT2D eigenvalue weighted by Crippen LogP contribution is -2.44. The summed E-state index contributed by atoms with van der Waals surface area (Å²) >= 11 is 0.734. The molecule has 9 nitrogen and oxygen atoms in total. The Hall–Kier alpha value is -4.70. The van der Waals surface area contributed by atoms with E-state index in [0.717, 1.165) is 17.1 Å². The van der Waals surface area contributed by atoms with Crippen molar-refractivity contribution in [2.75, 3.05) is 10.6 Å². The average Bonchev–Trinajstić information content (AvgIpc) is 3.29. The zero-order chi connectivity index (χ0) is 25.7. The molecule has 182 valence electrons. The Balaban J connectivity index is 1.80. The van der Waals surface area contributed by atoms with E-state index in [0.29, 0.717) is 11.3 Å². The summed E-state index contributed by atoms with van der Waals surface area (Å²) < 4.78 is 3.94. The van der Waals surface area contributed by atoms with Crippen molar-refractivity contribution < 1.29 is 19.5 Å². The minimum atomic E-state index is -1.14. The van der Waals surface area contributed by atoms with Crippen LogP contribution in [0.5, 0.6) is 5.75 Å². The highest BCUT2D eigenvalue weighted by molar-refractivity contribution is 7.09. The van der Waals surface area contributed by atoms with E-state index in [4.69, 9.17) is 11.5 Å². The number of phenolic OH excluding ortho intramolecular Hbond substituents is 1. The minimum Gasteiger partial charge on any atom is -0.508 e. The summed E-state index contributed by atoms with van der Waals surface area (Å²) in [6.07, 6.45) is 0. The van der Waals surface area contributed by atoms with Gasteiger partial charge < -0.3 is 21.9 Å². The van der Waals surface area contributed by atoms with Gasteiger partial charge in [-0.05, 0) is 46.9 Å². The Morgan fingerprint density at radius 1 is 0.944 bits per heavy atom. The van der Waals surface area contributed by atoms with E-state index in [1.165, 1.54) is 17.0 Å². The lowest BCUT2D eigenvalue weighted by molar-refractivity contribution is -0.122. The number of hydrogen-bond donors (Lipinski definition) is 4. The molecule has 0 saturated carbocycles. The molecule has 0 saturated heterocycles. The summed E-state index contributed by atoms with van der Waals surface area (Å²) in [6, 6.07) is 22.8. The molecule has 6 N–H and O–H groups in total. The predicted molar refractivity (Wildman–Crippen MR) is 137 cm³/mol. The van der Waals surface area contributed by atoms with Crippen molar-refractivity contribution in [3.8, 4) is 5.75 Å². The maximum atomic E-state index is 13.9. The number of nitrogens with zero attached hydrogens (tertiary/aromatic N) is 2. The number of nitrogens with two attached hydrogens (primary N) is 2. The molecule has 4 rings (SSSR count). The van der Waals surface area contributed by atoms with E-state index in [9.17, 15) is 19.5 Å². The van der Waals surface area contributed by atoms with Gasteiger partial charge in [-0.2, -0.15) is 4.37 Å². The van der Waals surface area contributed by atoms with Gasteiger partial charge in [-0.15, -0.1) is 0 Å². The first kappa shape index (κ1) is 24.4. The molecule has 0 bridgehead atoms. The molecule has 0 spiro atoms. The number of carbonyl (C=O) groups is 3. The number of rotatable bonds is 8. The van der Waals surface area contributed by atoms with E-state index in [1.807, 2.05) is 30.3 Å². The molecule has 1 heterocycles. The Kier molecular flexibility index (Phi) is 7.26. The predicted octanol–water partition coefficient (Wildman–Crippen LogP) is 3.23. The second-order valence-electron chi connectivity index (χ2n) is 7.85. The number of aromatic hydroxyl groups is 1. The molecule has 36 heavy (non-hydrogen) atoms. The lowest BCUT2D eigenvalue weighted by Gasteiger charge is -2.31. The van der Waals surface area contributed by atoms with Gasteiger partial charge in [-0.3, -0.25) is 19.3 Å². The fourth-order valence-corrected chi connectivity index (χ4v) is 4.41. The summed E-state index contributed by atoms with van der Waals surface area (Å²) in [4.78, 5) is 40.5. The second-order valence-corrected chi connectivity index (χ2v) is 8.62. The van der Waals surface area contributed by atoms with Crippen molar-refractivity contribution in [2.24, 2.45) is 5.73 Å². The molecule has 1 aromatic heterocycles. The molecule has 0 aliphatic heterocycles. The monoisotopic (exact) mass is 501 g/mol. The smallest absolute Gasteiger partial charge is 0.273 e. The number of nitrogens with one attached hydrogen (secondary N) is 1. The fourth-order valence-electron chi connectivity index (χ4n) is 3.67. The van der Waals surface area contributed by atoms with Gasteiger partial charge in [0.25, 0.3) is 11.8 Å². The van der Waals surface area contributed by atoms with Gasteiger partial charge >= 0.3 is 0 Å². The van der Waals surface area contributed by atoms with Crippen LogP contribution in [0, 0.1) is 0 Å². The quantitative estimate of drug-likeness (QED) is 0.291. The average molecular weight is 502 g/mol. The third kappa shape index (κ3) is 5.18. The van der Waals surface area contributed by atoms with Gasteiger partial charge in [0.2, 0.25) is 5.91 Å². The molecule has 3 aromatic carbocycles. The number of benzene rings is 3. The number of para-hydroxylation sites is 1. The van der Waals surface area contributed by atoms with Crippen molar-refractivity contribution in [2.45, 2.75) is 12.6 Å². The van der Waals surface area contributed by atoms with E-state index >= 15 is 0 Å². The normalized spacial score (nSPS) is 11.4. The molecule has 1 atom stereocenters. The van der Waals surface area contributed by atoms with E-state index in [1.54, 1.807) is 42.5 Å². The van der Waals surface area contributed by atoms with Crippen LogP contribution in [0.15, 0.2) is 84.9 Å². The second kappa shape index (κ2) is 10.7. The van der Waals surface area contributed by atoms with Crippen LogP contribution in [0.4, 0.5) is 11.4 Å². The molecule has 0 radical (unpaired) electrons. The van der Waals surface area contributed by atoms with Crippen molar-refractivity contribution in [3.63, 3.8) is 0 Å². The van der Waals surface area contributed by atoms with Gasteiger partial charge in [-0.25, -0.2) is 0 Å². The molecule has 0 aliphatic carbocycles. The summed E-state index contributed by atoms with van der Waals surface area (Å²) in [7, 11) is 0. The Bertz CT molecular complexity index is 1370. The van der Waals surface area contributed by atoms with Gasteiger partial charge in [0, 0.05) is 12.2 Å². The van der Waals surface area contributed by atoms with Crippen LogP contribution >= 0.6 is 11.5 Å². The summed E-state index contributed by atoms with van der Waals surface area (Å²) in [5.74, 6) is -1.93. The maximum absolute atomic E-state index is 13.9. The largest absolute Gasteiger partial charge is 0.508 e. The van der Waals surface area contributed by atoms with Crippen molar-refractivity contribution in [3.05, 3.63) is 107 Å². The first-order chi connectivity index (χ1) is 17.4. The van der Waals surface area contributed by atoms with Crippen molar-refractivity contribution >= 4 is 40.6 Å². The van der Waals surface area contributed by atoms with Crippen LogP contribution in [-0.4, -0.2) is 27.2 Å². The SMILES string of the molecule is NC(=O)c1nsc(C(=O)N(c2ccccc2)C(C(=O)NCc2ccccc2)c2ccc(O)cc2)c1N. The number of nitrogen functional groups attached to an aromatic ring is 1. The third-order valence-corrected chi connectivity index (χ3v) is 6.28. The standard InChI is InChI=1S/C26H23N5O4S/c27-20-21(24(28)33)30-36-23(20)26(35)31(18-9-5-2-6-10-18)22(17-11-13-19(32)14-12-17)25(34)29-15-16-7-3-1-4-8-16/h1-14,22,32H,15,27H2,(H2,28,33)(H,29,34). The summed E-state index contributed by atoms with van der Waals surface area (Å²) in [5, 5.41) is 12.7. The Morgan fingerprint density at radius 2 is 1.56 bits per heavy atom. The van der Waals surface area contributed by atoms with Crippen LogP contribution in [0.25, 0.3) is 0 Å². The van der Waals surface area contributed by atoms with Gasteiger partial charge in [0.15, 0.2) is 5.69 Å². The van der Waals surface area contributed by atoms with E-state index in [2.05, 4.69) is 9.69 Å². The number of anilines is 2. The fraction of sp³-hybridized carbons (Fsp3) is 0.0769. The molecule has 0 fully saturated rings. The van der Waals surface area contributed by atoms with Gasteiger partial charge in [0.05, 0.1) is 5.69 Å². The third-order valence-electron chi connectivity index (χ3n) is 5.43. The Labute approximate surface area is 211 Å². The lowest BCUT2D eigenvalue weighted by atomic mass is 10.0. The first-order valence-corrected chi connectivity index (χ1v) is 11.7. The van der Waals surface area contributed by atoms with Crippen LogP contribution in [-0.2, 0) is 11.3 Å². The highest BCUT2D eigenvalue weighted by atomic mass is 32.1. The number of carbonyl (C=O) groups excluding carboxylic acids is 3. The molecule has 1 unspecified atom stereocenters. The number of phenols is 1. The summed E-state index contributed by atoms with van der Waals surface area (Å²) in [5.41, 5.74) is 12.8. The molecular weight excluding hydrogens is 478 g/mol. The number of primary amides is 1. The van der Waals surface area contributed by atoms with Crippen LogP contribution in [0.3, 0.4) is 0 Å². The minimum absolute atomic E-state index is 0.0117. The van der Waals surface area contributed by atoms with Crippen molar-refractivity contribution in [1.29, 1.82) is 0 Å². The number of amides is 3. The van der Waals surface area contributed by atoms with Crippen LogP contribution in [0.1, 0.15) is 37.3 Å². The summed E-state index contributed by atoms with van der Waals surface area (Å²) in [6.45, 7) is 0.236. The van der Waals surface area contributed by atoms with Crippen molar-refractivity contribution in [1.82, 2.24) is 9.69 Å². The van der Waals surface area contributed by atoms with E-state index in [-0.39, 0.29) is 28.6 Å². The van der Waals surface area contributed by atoms with Gasteiger partial charge in [-0.1, -0.05) is 60.7 Å². The molecule has 0 aliphatic rings. The zero-order valence-electron chi connectivity index (χ0n) is 19.0. The first-order valence-electron chi connectivity index (χ1n) is 10.9. The molecular formula is C26H23N5O4S. The molecule has 3 amide bonds. The van der Waals surface area contributed by atoms with Crippen LogP contribution in [0.2, 0.25) is 0 Å². The Morgan fingerprint density at radius 3 is 2.14 bits per heavy atom. The topological polar surface area (TPSA) is 152 Å².